The number of Topliss-reactive ketones (excluding diaryl/α,β-unsaturated/α-hetero) is 1. The van der Waals surface area contributed by atoms with Crippen molar-refractivity contribution in [3.8, 4) is 0 Å². The van der Waals surface area contributed by atoms with E-state index in [1.807, 2.05) is 11.8 Å². The van der Waals surface area contributed by atoms with Gasteiger partial charge in [-0.2, -0.15) is 26.3 Å². The average Bonchev–Trinajstić information content (AvgIpc) is 1.50. The van der Waals surface area contributed by atoms with Gasteiger partial charge in [0.05, 0.1) is 16.7 Å². The number of ketones is 1. The number of carbonyl (C=O) groups is 9. The van der Waals surface area contributed by atoms with E-state index >= 15 is 26.3 Å². The minimum Gasteiger partial charge on any atom is -0.356 e. The normalized spacial score (nSPS) is 22.0. The van der Waals surface area contributed by atoms with Crippen LogP contribution < -0.4 is 21.3 Å². The molecule has 586 valence electrons. The zero-order chi connectivity index (χ0) is 79.6. The number of halogens is 12. The molecule has 29 heteroatoms. The Kier molecular flexibility index (Phi) is 24.4. The number of amides is 8. The topological polar surface area (TPSA) is 215 Å². The highest BCUT2D eigenvalue weighted by molar-refractivity contribution is 6.06. The highest BCUT2D eigenvalue weighted by Crippen LogP contribution is 2.48. The van der Waals surface area contributed by atoms with Gasteiger partial charge < -0.3 is 40.9 Å². The second-order valence-corrected chi connectivity index (χ2v) is 29.6. The summed E-state index contributed by atoms with van der Waals surface area (Å²) in [5.74, 6) is -26.0. The number of anilines is 3. The maximum Gasteiger partial charge on any atom is 0.352 e. The molecule has 6 aromatic carbocycles. The van der Waals surface area contributed by atoms with E-state index in [1.54, 1.807) is 0 Å². The number of carbonyl (C=O) groups excluding carboxylic acids is 9. The van der Waals surface area contributed by atoms with Crippen LogP contribution in [0.25, 0.3) is 0 Å². The summed E-state index contributed by atoms with van der Waals surface area (Å²) in [6, 6.07) is 15.7. The maximum absolute atomic E-state index is 15.6. The fraction of sp³-hybridized carbons (Fsp3) is 0.444. The first-order valence-corrected chi connectivity index (χ1v) is 36.9. The Bertz CT molecular complexity index is 4530. The fourth-order valence-corrected chi connectivity index (χ4v) is 16.4. The van der Waals surface area contributed by atoms with Crippen molar-refractivity contribution >= 4 is 70.1 Å². The number of hydrogen-bond acceptors (Lipinski definition) is 9. The van der Waals surface area contributed by atoms with E-state index in [9.17, 15) is 69.5 Å². The van der Waals surface area contributed by atoms with Crippen LogP contribution in [0.4, 0.5) is 69.7 Å². The zero-order valence-electron chi connectivity index (χ0n) is 61.0. The molecular weight excluding hydrogens is 1460 g/mol. The lowest BCUT2D eigenvalue weighted by Crippen LogP contribution is -2.54. The number of rotatable bonds is 17. The third-order valence-electron chi connectivity index (χ3n) is 22.2. The van der Waals surface area contributed by atoms with E-state index < -0.39 is 141 Å². The summed E-state index contributed by atoms with van der Waals surface area (Å²) in [5.41, 5.74) is -2.83. The number of aryl methyl sites for hydroxylation is 3. The lowest BCUT2D eigenvalue weighted by molar-refractivity contribution is -0.166. The number of nitrogens with one attached hydrogen (secondary N) is 4. The van der Waals surface area contributed by atoms with Crippen molar-refractivity contribution in [2.75, 3.05) is 35.6 Å². The van der Waals surface area contributed by atoms with Crippen molar-refractivity contribution in [1.82, 2.24) is 24.9 Å². The van der Waals surface area contributed by atoms with Gasteiger partial charge in [-0.1, -0.05) is 6.92 Å². The molecule has 9 atom stereocenters. The van der Waals surface area contributed by atoms with Crippen LogP contribution >= 0.6 is 0 Å². The monoisotopic (exact) mass is 1540 g/mol. The van der Waals surface area contributed by atoms with Gasteiger partial charge in [-0.3, -0.25) is 43.2 Å². The van der Waals surface area contributed by atoms with Gasteiger partial charge in [-0.15, -0.1) is 0 Å². The van der Waals surface area contributed by atoms with Gasteiger partial charge in [0.1, 0.15) is 40.7 Å². The molecule has 6 bridgehead atoms. The van der Waals surface area contributed by atoms with Gasteiger partial charge >= 0.3 is 17.8 Å². The summed E-state index contributed by atoms with van der Waals surface area (Å²) in [6.45, 7) is 9.82. The van der Waals surface area contributed by atoms with E-state index in [1.165, 1.54) is 64.1 Å². The second kappa shape index (κ2) is 33.2. The number of benzene rings is 6. The molecule has 0 spiro atoms. The third kappa shape index (κ3) is 17.2. The first-order chi connectivity index (χ1) is 52.1. The van der Waals surface area contributed by atoms with Crippen molar-refractivity contribution in [3.63, 3.8) is 0 Å². The third-order valence-corrected chi connectivity index (χ3v) is 22.2. The SMILES string of the molecule is CC(=O)C1C[C@H]2CC[C@@H](C1)N2C(=O)C(F)(F)c1cc(C(=O)Nc2ccc(F)c(C)c2)ccc1F.CCCNC(=O)C1C[C@H]2CC[C@@H](C1)N2C(=O)C(F)(F)c1cc(C(=O)Nc2ccc(F)c(C)c2)ccc1F.Cc1cc(NC(=O)c2ccc(F)c(C(F)(F)C(=O)N3[C@@H]4CC[C@H]3CC(C(=O)N3CCCCC3)C4)c2)ccc1F. The number of likely N-dealkylation sites (tertiary alicyclic amines) is 1. The summed E-state index contributed by atoms with van der Waals surface area (Å²) < 4.78 is 177. The molecule has 4 N–H and O–H groups in total. The van der Waals surface area contributed by atoms with E-state index in [4.69, 9.17) is 0 Å². The van der Waals surface area contributed by atoms with Crippen LogP contribution in [0.5, 0.6) is 0 Å². The maximum atomic E-state index is 15.6. The molecule has 13 rings (SSSR count). The lowest BCUT2D eigenvalue weighted by Gasteiger charge is -2.41. The Labute approximate surface area is 627 Å². The Morgan fingerprint density at radius 3 is 0.973 bits per heavy atom. The molecule has 7 fully saturated rings. The van der Waals surface area contributed by atoms with Crippen molar-refractivity contribution in [2.45, 2.75) is 191 Å². The van der Waals surface area contributed by atoms with Crippen LogP contribution in [0.1, 0.15) is 181 Å². The molecule has 0 aliphatic carbocycles. The Morgan fingerprint density at radius 2 is 0.682 bits per heavy atom. The summed E-state index contributed by atoms with van der Waals surface area (Å²) in [7, 11) is 0. The van der Waals surface area contributed by atoms with Crippen molar-refractivity contribution in [2.24, 2.45) is 17.8 Å². The number of piperidine rings is 4. The van der Waals surface area contributed by atoms with Gasteiger partial charge in [-0.05, 0) is 256 Å². The first kappa shape index (κ1) is 80.9. The summed E-state index contributed by atoms with van der Waals surface area (Å²) >= 11 is 0. The number of hydrogen-bond donors (Lipinski definition) is 4. The predicted molar refractivity (Wildman–Crippen MR) is 382 cm³/mol. The molecule has 7 saturated heterocycles. The van der Waals surface area contributed by atoms with Crippen LogP contribution in [0.3, 0.4) is 0 Å². The van der Waals surface area contributed by atoms with Gasteiger partial charge in [-0.25, -0.2) is 26.3 Å². The molecule has 6 aromatic rings. The number of nitrogens with zero attached hydrogens (tertiary/aromatic N) is 4. The highest BCUT2D eigenvalue weighted by Gasteiger charge is 2.57. The average molecular weight is 1540 g/mol. The number of alkyl halides is 6. The Hall–Kier alpha value is -10.1. The van der Waals surface area contributed by atoms with Gasteiger partial charge in [0.15, 0.2) is 0 Å². The molecule has 110 heavy (non-hydrogen) atoms. The second-order valence-electron chi connectivity index (χ2n) is 29.6. The standard InChI is InChI=1S/C29H31F4N3O3.C27H29F4N3O3.C25H24F4N2O3/c1-17-13-20(6-10-24(17)30)34-26(37)18-5-9-25(31)23(16-18)29(32,33)28(39)36-21-7-8-22(36)15-19(14-21)27(38)35-11-3-2-4-12-35;1-3-10-32-24(35)17-12-19-6-7-20(13-17)34(19)26(37)27(30,31)21-14-16(4-8-23(21)29)25(36)33-18-5-9-22(28)15(2)11-18;1-13-9-17(4-8-21(13)26)30-23(33)15-3-7-22(27)20(12-15)25(28,29)24(34)31-18-5-6-19(31)11-16(10-18)14(2)32/h5-6,9-10,13,16,19,21-22H,2-4,7-8,11-12,14-15H2,1H3,(H,34,37);4-5,8-9,11,14,17,19-20H,3,6-7,10,12-13H2,1-2H3,(H,32,35)(H,33,36);3-4,7-9,12,16,18-19H,5-6,10-11H2,1-2H3,(H,30,33)/t19?,21-,22+;17?,19-,20+;16?,18-,19+. The molecule has 0 radical (unpaired) electrons. The minimum absolute atomic E-state index is 0.0307. The molecule has 3 unspecified atom stereocenters. The van der Waals surface area contributed by atoms with Crippen LogP contribution in [-0.2, 0) is 46.5 Å². The lowest BCUT2D eigenvalue weighted by atomic mass is 9.87. The molecule has 0 saturated carbocycles. The quantitative estimate of drug-likeness (QED) is 0.0638. The molecule has 7 aliphatic heterocycles. The smallest absolute Gasteiger partial charge is 0.352 e. The summed E-state index contributed by atoms with van der Waals surface area (Å²) in [5, 5.41) is 10.2. The first-order valence-electron chi connectivity index (χ1n) is 36.9. The van der Waals surface area contributed by atoms with E-state index in [2.05, 4.69) is 21.3 Å². The zero-order valence-corrected chi connectivity index (χ0v) is 61.0. The molecular formula is C81H84F12N8O9. The van der Waals surface area contributed by atoms with Crippen molar-refractivity contribution in [1.29, 1.82) is 0 Å². The molecule has 17 nitrogen and oxygen atoms in total. The van der Waals surface area contributed by atoms with Crippen LogP contribution in [-0.4, -0.2) is 129 Å². The largest absolute Gasteiger partial charge is 0.356 e. The van der Waals surface area contributed by atoms with Gasteiger partial charge in [0.25, 0.3) is 35.4 Å². The van der Waals surface area contributed by atoms with Crippen molar-refractivity contribution in [3.05, 3.63) is 194 Å². The number of fused-ring (bicyclic) bond motifs is 6. The molecule has 0 aromatic heterocycles. The van der Waals surface area contributed by atoms with Crippen LogP contribution in [0, 0.1) is 73.4 Å². The Morgan fingerprint density at radius 1 is 0.391 bits per heavy atom. The van der Waals surface area contributed by atoms with E-state index in [-0.39, 0.29) is 98.6 Å². The van der Waals surface area contributed by atoms with Crippen LogP contribution in [0.15, 0.2) is 109 Å². The minimum atomic E-state index is -4.22. The van der Waals surface area contributed by atoms with Crippen molar-refractivity contribution < 1.29 is 95.8 Å². The molecule has 8 amide bonds. The Balaban J connectivity index is 0.000000164. The van der Waals surface area contributed by atoms with E-state index in [0.717, 1.165) is 95.0 Å². The van der Waals surface area contributed by atoms with E-state index in [0.29, 0.717) is 102 Å². The summed E-state index contributed by atoms with van der Waals surface area (Å²) in [4.78, 5) is 120. The highest BCUT2D eigenvalue weighted by atomic mass is 19.3. The predicted octanol–water partition coefficient (Wildman–Crippen LogP) is 15.3. The van der Waals surface area contributed by atoms with Crippen LogP contribution in [0.2, 0.25) is 0 Å². The van der Waals surface area contributed by atoms with Gasteiger partial charge in [0.2, 0.25) is 11.8 Å². The molecule has 7 heterocycles. The summed E-state index contributed by atoms with van der Waals surface area (Å²) in [6.07, 6.45) is 8.60. The van der Waals surface area contributed by atoms with Gasteiger partial charge in [0, 0.05) is 107 Å². The molecule has 7 aliphatic rings. The fourth-order valence-electron chi connectivity index (χ4n) is 16.4.